The second-order valence-corrected chi connectivity index (χ2v) is 5.78. The molecule has 0 atom stereocenters. The summed E-state index contributed by atoms with van der Waals surface area (Å²) in [5, 5.41) is 10.6. The molecule has 0 radical (unpaired) electrons. The van der Waals surface area contributed by atoms with Crippen LogP contribution in [0.1, 0.15) is 28.4 Å². The summed E-state index contributed by atoms with van der Waals surface area (Å²) in [5.41, 5.74) is 2.08. The minimum absolute atomic E-state index is 0.390. The molecular weight excluding hydrogens is 340 g/mol. The van der Waals surface area contributed by atoms with E-state index in [1.54, 1.807) is 43.3 Å². The minimum atomic E-state index is -1.02. The number of fused-ring (bicyclic) bond motifs is 1. The summed E-state index contributed by atoms with van der Waals surface area (Å²) in [4.78, 5) is 22.9. The lowest BCUT2D eigenvalue weighted by molar-refractivity contribution is -0.131. The van der Waals surface area contributed by atoms with Crippen LogP contribution in [-0.4, -0.2) is 17.0 Å². The van der Waals surface area contributed by atoms with Gasteiger partial charge in [0.05, 0.1) is 5.56 Å². The summed E-state index contributed by atoms with van der Waals surface area (Å²) in [6.45, 7) is 1.79. The number of aliphatic carboxylic acids is 1. The van der Waals surface area contributed by atoms with Gasteiger partial charge in [-0.3, -0.25) is 0 Å². The highest BCUT2D eigenvalue weighted by atomic mass is 16.5. The number of ether oxygens (including phenoxy) is 1. The summed E-state index contributed by atoms with van der Waals surface area (Å²) in [6, 6.07) is 17.8. The van der Waals surface area contributed by atoms with Gasteiger partial charge < -0.3 is 9.84 Å². The van der Waals surface area contributed by atoms with E-state index in [0.29, 0.717) is 16.9 Å². The van der Waals surface area contributed by atoms with Gasteiger partial charge in [-0.1, -0.05) is 30.2 Å². The molecule has 3 aromatic rings. The van der Waals surface area contributed by atoms with Crippen LogP contribution in [-0.2, 0) is 4.79 Å². The van der Waals surface area contributed by atoms with E-state index in [1.165, 1.54) is 6.08 Å². The summed E-state index contributed by atoms with van der Waals surface area (Å²) < 4.78 is 5.39. The molecule has 1 N–H and O–H groups in total. The highest BCUT2D eigenvalue weighted by Gasteiger charge is 2.09. The van der Waals surface area contributed by atoms with Gasteiger partial charge >= 0.3 is 11.9 Å². The molecule has 0 unspecified atom stereocenters. The maximum atomic E-state index is 12.4. The summed E-state index contributed by atoms with van der Waals surface area (Å²) in [7, 11) is 0. The standard InChI is InChI=1S/C23H16O4/c1-2-3-17-4-8-19-15-20(10-9-18(19)14-17)23(26)27-21-11-5-16(6-12-21)7-13-22(24)25/h4-15H,1H3,(H,24,25)/b13-7+. The molecule has 0 saturated heterocycles. The molecule has 0 heterocycles. The average Bonchev–Trinajstić information content (AvgIpc) is 2.67. The molecule has 4 nitrogen and oxygen atoms in total. The van der Waals surface area contributed by atoms with Gasteiger partial charge in [-0.2, -0.15) is 0 Å². The summed E-state index contributed by atoms with van der Waals surface area (Å²) in [6.07, 6.45) is 2.52. The number of benzene rings is 3. The first kappa shape index (κ1) is 18.0. The average molecular weight is 356 g/mol. The maximum absolute atomic E-state index is 12.4. The van der Waals surface area contributed by atoms with Crippen LogP contribution in [0.4, 0.5) is 0 Å². The van der Waals surface area contributed by atoms with E-state index in [1.807, 2.05) is 24.3 Å². The molecule has 0 aliphatic heterocycles. The largest absolute Gasteiger partial charge is 0.478 e. The van der Waals surface area contributed by atoms with Crippen molar-refractivity contribution in [2.24, 2.45) is 0 Å². The Labute approximate surface area is 156 Å². The van der Waals surface area contributed by atoms with E-state index < -0.39 is 11.9 Å². The number of carboxylic acids is 1. The third kappa shape index (κ3) is 4.62. The van der Waals surface area contributed by atoms with Gasteiger partial charge in [-0.15, -0.1) is 5.92 Å². The number of rotatable bonds is 4. The molecule has 0 bridgehead atoms. The summed E-state index contributed by atoms with van der Waals surface area (Å²) >= 11 is 0. The highest BCUT2D eigenvalue weighted by Crippen LogP contribution is 2.20. The molecule has 132 valence electrons. The van der Waals surface area contributed by atoms with Crippen LogP contribution < -0.4 is 4.74 Å². The van der Waals surface area contributed by atoms with Crippen molar-refractivity contribution in [3.05, 3.63) is 83.4 Å². The van der Waals surface area contributed by atoms with Crippen LogP contribution in [0.5, 0.6) is 5.75 Å². The quantitative estimate of drug-likeness (QED) is 0.323. The van der Waals surface area contributed by atoms with Crippen molar-refractivity contribution in [3.63, 3.8) is 0 Å². The van der Waals surface area contributed by atoms with Gasteiger partial charge in [0.2, 0.25) is 0 Å². The fourth-order valence-electron chi connectivity index (χ4n) is 2.58. The normalized spacial score (nSPS) is 10.4. The van der Waals surface area contributed by atoms with Crippen LogP contribution in [0.25, 0.3) is 16.8 Å². The lowest BCUT2D eigenvalue weighted by Gasteiger charge is -2.06. The third-order valence-corrected chi connectivity index (χ3v) is 3.85. The van der Waals surface area contributed by atoms with Crippen LogP contribution in [0.15, 0.2) is 66.7 Å². The molecule has 0 saturated carbocycles. The Kier molecular flexibility index (Phi) is 5.34. The van der Waals surface area contributed by atoms with Gasteiger partial charge in [0.1, 0.15) is 5.75 Å². The smallest absolute Gasteiger partial charge is 0.343 e. The molecule has 0 aliphatic rings. The Balaban J connectivity index is 1.76. The Morgan fingerprint density at radius 2 is 1.67 bits per heavy atom. The van der Waals surface area contributed by atoms with Crippen LogP contribution >= 0.6 is 0 Å². The fourth-order valence-corrected chi connectivity index (χ4v) is 2.58. The van der Waals surface area contributed by atoms with Crippen molar-refractivity contribution in [2.45, 2.75) is 6.92 Å². The zero-order valence-corrected chi connectivity index (χ0v) is 14.6. The first-order valence-corrected chi connectivity index (χ1v) is 8.25. The number of carbonyl (C=O) groups is 2. The monoisotopic (exact) mass is 356 g/mol. The molecule has 0 amide bonds. The number of hydrogen-bond acceptors (Lipinski definition) is 3. The van der Waals surface area contributed by atoms with E-state index in [2.05, 4.69) is 11.8 Å². The van der Waals surface area contributed by atoms with Crippen molar-refractivity contribution in [1.82, 2.24) is 0 Å². The predicted molar refractivity (Wildman–Crippen MR) is 105 cm³/mol. The van der Waals surface area contributed by atoms with Gasteiger partial charge in [-0.25, -0.2) is 9.59 Å². The maximum Gasteiger partial charge on any atom is 0.343 e. The van der Waals surface area contributed by atoms with Crippen molar-refractivity contribution < 1.29 is 19.4 Å². The molecule has 0 spiro atoms. The molecule has 3 aromatic carbocycles. The Morgan fingerprint density at radius 3 is 2.37 bits per heavy atom. The lowest BCUT2D eigenvalue weighted by Crippen LogP contribution is -2.08. The Hall–Kier alpha value is -3.84. The molecule has 0 aliphatic carbocycles. The molecule has 0 fully saturated rings. The molecular formula is C23H16O4. The SMILES string of the molecule is CC#Cc1ccc2cc(C(=O)Oc3ccc(/C=C/C(=O)O)cc3)ccc2c1. The van der Waals surface area contributed by atoms with E-state index >= 15 is 0 Å². The first-order valence-electron chi connectivity index (χ1n) is 8.25. The first-order chi connectivity index (χ1) is 13.0. The van der Waals surface area contributed by atoms with Crippen molar-refractivity contribution in [2.75, 3.05) is 0 Å². The lowest BCUT2D eigenvalue weighted by atomic mass is 10.0. The molecule has 27 heavy (non-hydrogen) atoms. The highest BCUT2D eigenvalue weighted by molar-refractivity contribution is 5.96. The minimum Gasteiger partial charge on any atom is -0.478 e. The third-order valence-electron chi connectivity index (χ3n) is 3.85. The van der Waals surface area contributed by atoms with Crippen molar-refractivity contribution >= 4 is 28.8 Å². The van der Waals surface area contributed by atoms with Gasteiger partial charge in [0.25, 0.3) is 0 Å². The molecule has 0 aromatic heterocycles. The Bertz CT molecular complexity index is 1100. The van der Waals surface area contributed by atoms with Crippen LogP contribution in [0.3, 0.4) is 0 Å². The van der Waals surface area contributed by atoms with Gasteiger partial charge in [0.15, 0.2) is 0 Å². The summed E-state index contributed by atoms with van der Waals surface area (Å²) in [5.74, 6) is 4.79. The van der Waals surface area contributed by atoms with Gasteiger partial charge in [0, 0.05) is 11.6 Å². The van der Waals surface area contributed by atoms with Crippen molar-refractivity contribution in [3.8, 4) is 17.6 Å². The molecule has 4 heteroatoms. The van der Waals surface area contributed by atoms with E-state index in [4.69, 9.17) is 9.84 Å². The number of hydrogen-bond donors (Lipinski definition) is 1. The molecule has 3 rings (SSSR count). The van der Waals surface area contributed by atoms with E-state index in [0.717, 1.165) is 22.4 Å². The van der Waals surface area contributed by atoms with Crippen LogP contribution in [0.2, 0.25) is 0 Å². The Morgan fingerprint density at radius 1 is 0.963 bits per heavy atom. The number of carbonyl (C=O) groups excluding carboxylic acids is 1. The second-order valence-electron chi connectivity index (χ2n) is 5.78. The second kappa shape index (κ2) is 8.03. The van der Waals surface area contributed by atoms with Gasteiger partial charge in [-0.05, 0) is 65.7 Å². The van der Waals surface area contributed by atoms with Crippen molar-refractivity contribution in [1.29, 1.82) is 0 Å². The number of carboxylic acid groups (broad SMARTS) is 1. The van der Waals surface area contributed by atoms with E-state index in [-0.39, 0.29) is 0 Å². The van der Waals surface area contributed by atoms with E-state index in [9.17, 15) is 9.59 Å². The zero-order chi connectivity index (χ0) is 19.2. The fraction of sp³-hybridized carbons (Fsp3) is 0.0435. The zero-order valence-electron chi connectivity index (χ0n) is 14.6. The topological polar surface area (TPSA) is 63.6 Å². The predicted octanol–water partition coefficient (Wildman–Crippen LogP) is 4.53. The van der Waals surface area contributed by atoms with Crippen LogP contribution in [0, 0.1) is 11.8 Å². The number of esters is 1.